The van der Waals surface area contributed by atoms with Gasteiger partial charge in [-0.15, -0.1) is 0 Å². The maximum atomic E-state index is 12.9. The van der Waals surface area contributed by atoms with Crippen LogP contribution in [0.2, 0.25) is 0 Å². The molecule has 3 rings (SSSR count). The lowest BCUT2D eigenvalue weighted by Gasteiger charge is -2.18. The van der Waals surface area contributed by atoms with Gasteiger partial charge in [-0.25, -0.2) is 9.79 Å². The number of amides is 2. The SMILES string of the molecule is Cc1ccccc1N=C1S[C@@H](C)CN1C(=O)Nc1cccc(C(F)(F)F)c1. The van der Waals surface area contributed by atoms with Crippen LogP contribution in [-0.4, -0.2) is 27.9 Å². The zero-order valence-corrected chi connectivity index (χ0v) is 15.6. The van der Waals surface area contributed by atoms with Crippen LogP contribution in [0.1, 0.15) is 18.1 Å². The molecule has 0 spiro atoms. The standard InChI is InChI=1S/C19H18F3N3OS/c1-12-6-3-4-9-16(12)24-18-25(11-13(2)27-18)17(26)23-15-8-5-7-14(10-15)19(20,21)22/h3-10,13H,11H2,1-2H3,(H,23,26)/t13-/m0/s1. The van der Waals surface area contributed by atoms with Crippen LogP contribution in [0.4, 0.5) is 29.3 Å². The van der Waals surface area contributed by atoms with E-state index in [1.165, 1.54) is 28.8 Å². The van der Waals surface area contributed by atoms with E-state index in [0.717, 1.165) is 23.4 Å². The average Bonchev–Trinajstić information content (AvgIpc) is 2.97. The van der Waals surface area contributed by atoms with Gasteiger partial charge in [0.05, 0.1) is 11.3 Å². The van der Waals surface area contributed by atoms with Crippen LogP contribution in [-0.2, 0) is 6.18 Å². The molecule has 27 heavy (non-hydrogen) atoms. The first-order chi connectivity index (χ1) is 12.7. The van der Waals surface area contributed by atoms with Gasteiger partial charge in [0.25, 0.3) is 0 Å². The maximum absolute atomic E-state index is 12.9. The van der Waals surface area contributed by atoms with Gasteiger partial charge in [0, 0.05) is 17.5 Å². The summed E-state index contributed by atoms with van der Waals surface area (Å²) in [5, 5.41) is 3.21. The zero-order chi connectivity index (χ0) is 19.6. The van der Waals surface area contributed by atoms with Gasteiger partial charge in [-0.1, -0.05) is 43.0 Å². The molecule has 4 nitrogen and oxygen atoms in total. The second-order valence-electron chi connectivity index (χ2n) is 6.23. The second-order valence-corrected chi connectivity index (χ2v) is 7.63. The number of halogens is 3. The quantitative estimate of drug-likeness (QED) is 0.714. The number of hydrogen-bond donors (Lipinski definition) is 1. The Morgan fingerprint density at radius 3 is 2.67 bits per heavy atom. The predicted octanol–water partition coefficient (Wildman–Crippen LogP) is 5.67. The third-order valence-electron chi connectivity index (χ3n) is 4.00. The second kappa shape index (κ2) is 7.64. The normalized spacial score (nSPS) is 18.8. The molecule has 0 bridgehead atoms. The number of aryl methyl sites for hydroxylation is 1. The highest BCUT2D eigenvalue weighted by atomic mass is 32.2. The fourth-order valence-electron chi connectivity index (χ4n) is 2.63. The van der Waals surface area contributed by atoms with Crippen LogP contribution in [0, 0.1) is 6.92 Å². The number of alkyl halides is 3. The number of amidine groups is 1. The Morgan fingerprint density at radius 1 is 1.22 bits per heavy atom. The van der Waals surface area contributed by atoms with Crippen molar-refractivity contribution in [1.29, 1.82) is 0 Å². The number of rotatable bonds is 2. The maximum Gasteiger partial charge on any atom is 0.416 e. The summed E-state index contributed by atoms with van der Waals surface area (Å²) in [6, 6.07) is 11.6. The van der Waals surface area contributed by atoms with Crippen molar-refractivity contribution >= 4 is 34.3 Å². The smallest absolute Gasteiger partial charge is 0.307 e. The molecule has 142 valence electrons. The molecule has 2 amide bonds. The van der Waals surface area contributed by atoms with E-state index >= 15 is 0 Å². The van der Waals surface area contributed by atoms with Crippen LogP contribution in [0.5, 0.6) is 0 Å². The number of thioether (sulfide) groups is 1. The topological polar surface area (TPSA) is 44.7 Å². The molecule has 0 aromatic heterocycles. The molecule has 0 unspecified atom stereocenters. The summed E-state index contributed by atoms with van der Waals surface area (Å²) >= 11 is 1.46. The minimum atomic E-state index is -4.46. The Morgan fingerprint density at radius 2 is 1.96 bits per heavy atom. The summed E-state index contributed by atoms with van der Waals surface area (Å²) in [7, 11) is 0. The van der Waals surface area contributed by atoms with E-state index in [4.69, 9.17) is 0 Å². The molecule has 1 aliphatic rings. The summed E-state index contributed by atoms with van der Waals surface area (Å²) in [4.78, 5) is 18.7. The average molecular weight is 393 g/mol. The molecule has 1 N–H and O–H groups in total. The molecule has 1 saturated heterocycles. The first-order valence-corrected chi connectivity index (χ1v) is 9.19. The van der Waals surface area contributed by atoms with Crippen molar-refractivity contribution in [3.8, 4) is 0 Å². The number of carbonyl (C=O) groups excluding carboxylic acids is 1. The number of nitrogens with one attached hydrogen (secondary N) is 1. The highest BCUT2D eigenvalue weighted by Gasteiger charge is 2.32. The Hall–Kier alpha value is -2.48. The Labute approximate surface area is 159 Å². The third-order valence-corrected chi connectivity index (χ3v) is 5.07. The Balaban J connectivity index is 1.82. The lowest BCUT2D eigenvalue weighted by molar-refractivity contribution is -0.137. The van der Waals surface area contributed by atoms with Crippen molar-refractivity contribution in [1.82, 2.24) is 4.90 Å². The van der Waals surface area contributed by atoms with Crippen molar-refractivity contribution in [2.24, 2.45) is 4.99 Å². The number of anilines is 1. The minimum absolute atomic E-state index is 0.0922. The first kappa shape index (κ1) is 19.3. The first-order valence-electron chi connectivity index (χ1n) is 8.31. The van der Waals surface area contributed by atoms with Crippen molar-refractivity contribution in [2.45, 2.75) is 25.3 Å². The Bertz CT molecular complexity index is 882. The van der Waals surface area contributed by atoms with Crippen molar-refractivity contribution in [2.75, 3.05) is 11.9 Å². The monoisotopic (exact) mass is 393 g/mol. The summed E-state index contributed by atoms with van der Waals surface area (Å²) < 4.78 is 38.6. The van der Waals surface area contributed by atoms with Gasteiger partial charge in [-0.3, -0.25) is 4.90 Å². The van der Waals surface area contributed by atoms with Crippen LogP contribution >= 0.6 is 11.8 Å². The lowest BCUT2D eigenvalue weighted by Crippen LogP contribution is -2.36. The molecule has 0 saturated carbocycles. The van der Waals surface area contributed by atoms with Crippen molar-refractivity contribution < 1.29 is 18.0 Å². The van der Waals surface area contributed by atoms with Gasteiger partial charge in [0.15, 0.2) is 5.17 Å². The van der Waals surface area contributed by atoms with Gasteiger partial charge in [0.2, 0.25) is 0 Å². The van der Waals surface area contributed by atoms with Gasteiger partial charge >= 0.3 is 12.2 Å². The van der Waals surface area contributed by atoms with E-state index in [-0.39, 0.29) is 10.9 Å². The summed E-state index contributed by atoms with van der Waals surface area (Å²) in [6.07, 6.45) is -4.46. The summed E-state index contributed by atoms with van der Waals surface area (Å²) in [5.74, 6) is 0. The molecule has 0 aliphatic carbocycles. The van der Waals surface area contributed by atoms with Crippen LogP contribution < -0.4 is 5.32 Å². The van der Waals surface area contributed by atoms with Crippen molar-refractivity contribution in [3.63, 3.8) is 0 Å². The van der Waals surface area contributed by atoms with E-state index in [1.807, 2.05) is 38.1 Å². The van der Waals surface area contributed by atoms with E-state index in [2.05, 4.69) is 10.3 Å². The molecule has 1 heterocycles. The van der Waals surface area contributed by atoms with E-state index in [0.29, 0.717) is 11.7 Å². The molecule has 8 heteroatoms. The molecule has 1 aliphatic heterocycles. The van der Waals surface area contributed by atoms with Gasteiger partial charge in [-0.05, 0) is 36.8 Å². The lowest BCUT2D eigenvalue weighted by atomic mass is 10.2. The minimum Gasteiger partial charge on any atom is -0.307 e. The van der Waals surface area contributed by atoms with Crippen LogP contribution in [0.3, 0.4) is 0 Å². The number of urea groups is 1. The van der Waals surface area contributed by atoms with Crippen molar-refractivity contribution in [3.05, 3.63) is 59.7 Å². The van der Waals surface area contributed by atoms with Gasteiger partial charge < -0.3 is 5.32 Å². The number of aliphatic imine (C=N–C) groups is 1. The highest BCUT2D eigenvalue weighted by molar-refractivity contribution is 8.14. The van der Waals surface area contributed by atoms with E-state index in [1.54, 1.807) is 0 Å². The van der Waals surface area contributed by atoms with Gasteiger partial charge in [0.1, 0.15) is 0 Å². The number of carbonyl (C=O) groups is 1. The largest absolute Gasteiger partial charge is 0.416 e. The molecular weight excluding hydrogens is 375 g/mol. The highest BCUT2D eigenvalue weighted by Crippen LogP contribution is 2.32. The Kier molecular flexibility index (Phi) is 5.46. The third kappa shape index (κ3) is 4.63. The number of benzene rings is 2. The predicted molar refractivity (Wildman–Crippen MR) is 102 cm³/mol. The zero-order valence-electron chi connectivity index (χ0n) is 14.7. The van der Waals surface area contributed by atoms with Gasteiger partial charge in [-0.2, -0.15) is 13.2 Å². The summed E-state index contributed by atoms with van der Waals surface area (Å²) in [5.41, 5.74) is 1.02. The molecule has 1 atom stereocenters. The van der Waals surface area contributed by atoms with E-state index < -0.39 is 17.8 Å². The van der Waals surface area contributed by atoms with Crippen LogP contribution in [0.25, 0.3) is 0 Å². The van der Waals surface area contributed by atoms with E-state index in [9.17, 15) is 18.0 Å². The summed E-state index contributed by atoms with van der Waals surface area (Å²) in [6.45, 7) is 4.32. The molecule has 1 fully saturated rings. The number of para-hydroxylation sites is 1. The fourth-order valence-corrected chi connectivity index (χ4v) is 3.65. The van der Waals surface area contributed by atoms with Crippen LogP contribution in [0.15, 0.2) is 53.5 Å². The molecular formula is C19H18F3N3OS. The molecule has 0 radical (unpaired) electrons. The molecule has 2 aromatic rings. The molecule has 2 aromatic carbocycles. The number of hydrogen-bond acceptors (Lipinski definition) is 3. The number of nitrogens with zero attached hydrogens (tertiary/aromatic N) is 2. The fraction of sp³-hybridized carbons (Fsp3) is 0.263.